The Morgan fingerprint density at radius 3 is 2.80 bits per heavy atom. The number of halogens is 3. The summed E-state index contributed by atoms with van der Waals surface area (Å²) in [4.78, 5) is 11.9. The maximum Gasteiger partial charge on any atom is 0.433 e. The van der Waals surface area contributed by atoms with Crippen LogP contribution in [0.1, 0.15) is 35.9 Å². The Hall–Kier alpha value is -1.57. The largest absolute Gasteiger partial charge is 0.433 e. The summed E-state index contributed by atoms with van der Waals surface area (Å²) in [5.74, 6) is -0.626. The SMILES string of the molecule is C[C@H](NC(=O)c1cc(C(F)(F)F)n(C)n1)[C@@H]1CCCO1. The van der Waals surface area contributed by atoms with E-state index >= 15 is 0 Å². The molecule has 2 heterocycles. The van der Waals surface area contributed by atoms with E-state index in [1.807, 2.05) is 0 Å². The summed E-state index contributed by atoms with van der Waals surface area (Å²) in [6.45, 7) is 2.41. The molecule has 1 aliphatic rings. The third-order valence-electron chi connectivity index (χ3n) is 3.28. The number of carbonyl (C=O) groups excluding carboxylic acids is 1. The second-order valence-electron chi connectivity index (χ2n) is 4.85. The summed E-state index contributed by atoms with van der Waals surface area (Å²) < 4.78 is 43.9. The lowest BCUT2D eigenvalue weighted by Crippen LogP contribution is -2.41. The van der Waals surface area contributed by atoms with E-state index in [-0.39, 0.29) is 17.8 Å². The molecule has 1 aromatic rings. The van der Waals surface area contributed by atoms with Crippen LogP contribution < -0.4 is 5.32 Å². The number of hydrogen-bond acceptors (Lipinski definition) is 3. The molecule has 1 amide bonds. The van der Waals surface area contributed by atoms with Crippen molar-refractivity contribution >= 4 is 5.91 Å². The van der Waals surface area contributed by atoms with E-state index in [0.717, 1.165) is 26.0 Å². The minimum Gasteiger partial charge on any atom is -0.376 e. The van der Waals surface area contributed by atoms with Gasteiger partial charge < -0.3 is 10.1 Å². The van der Waals surface area contributed by atoms with E-state index in [2.05, 4.69) is 10.4 Å². The van der Waals surface area contributed by atoms with Gasteiger partial charge in [0.2, 0.25) is 0 Å². The standard InChI is InChI=1S/C12H16F3N3O2/c1-7(9-4-3-5-20-9)16-11(19)8-6-10(12(13,14)15)18(2)17-8/h6-7,9H,3-5H2,1-2H3,(H,16,19)/t7-,9-/m0/s1. The molecule has 1 saturated heterocycles. The Bertz CT molecular complexity index is 493. The molecular formula is C12H16F3N3O2. The van der Waals surface area contributed by atoms with E-state index < -0.39 is 17.8 Å². The van der Waals surface area contributed by atoms with E-state index in [4.69, 9.17) is 4.74 Å². The van der Waals surface area contributed by atoms with E-state index in [1.165, 1.54) is 0 Å². The normalized spacial score (nSPS) is 20.9. The number of nitrogens with zero attached hydrogens (tertiary/aromatic N) is 2. The van der Waals surface area contributed by atoms with Gasteiger partial charge in [0.05, 0.1) is 12.1 Å². The highest BCUT2D eigenvalue weighted by Crippen LogP contribution is 2.29. The predicted octanol–water partition coefficient (Wildman–Crippen LogP) is 1.74. The lowest BCUT2D eigenvalue weighted by molar-refractivity contribution is -0.143. The second kappa shape index (κ2) is 5.43. The van der Waals surface area contributed by atoms with Gasteiger partial charge in [0.1, 0.15) is 5.69 Å². The molecule has 0 spiro atoms. The first kappa shape index (κ1) is 14.8. The number of amides is 1. The molecule has 2 rings (SSSR count). The van der Waals surface area contributed by atoms with Crippen molar-refractivity contribution in [3.63, 3.8) is 0 Å². The molecule has 1 fully saturated rings. The van der Waals surface area contributed by atoms with Crippen LogP contribution in [0.4, 0.5) is 13.2 Å². The Labute approximate surface area is 114 Å². The number of carbonyl (C=O) groups is 1. The number of ether oxygens (including phenoxy) is 1. The zero-order valence-corrected chi connectivity index (χ0v) is 11.2. The molecule has 0 saturated carbocycles. The third kappa shape index (κ3) is 3.12. The first-order valence-corrected chi connectivity index (χ1v) is 6.32. The van der Waals surface area contributed by atoms with Gasteiger partial charge in [0.15, 0.2) is 5.69 Å². The first-order chi connectivity index (χ1) is 9.29. The summed E-state index contributed by atoms with van der Waals surface area (Å²) in [5, 5.41) is 6.22. The highest BCUT2D eigenvalue weighted by atomic mass is 19.4. The summed E-state index contributed by atoms with van der Waals surface area (Å²) in [6, 6.07) is 0.485. The van der Waals surface area contributed by atoms with Gasteiger partial charge in [0.25, 0.3) is 5.91 Å². The quantitative estimate of drug-likeness (QED) is 0.923. The Morgan fingerprint density at radius 2 is 2.30 bits per heavy atom. The van der Waals surface area contributed by atoms with Crippen molar-refractivity contribution in [3.8, 4) is 0 Å². The van der Waals surface area contributed by atoms with Crippen LogP contribution in [-0.4, -0.2) is 34.4 Å². The van der Waals surface area contributed by atoms with E-state index in [9.17, 15) is 18.0 Å². The molecule has 20 heavy (non-hydrogen) atoms. The van der Waals surface area contributed by atoms with Crippen LogP contribution >= 0.6 is 0 Å². The second-order valence-corrected chi connectivity index (χ2v) is 4.85. The monoisotopic (exact) mass is 291 g/mol. The van der Waals surface area contributed by atoms with Gasteiger partial charge in [0, 0.05) is 19.7 Å². The number of aryl methyl sites for hydroxylation is 1. The fourth-order valence-corrected chi connectivity index (χ4v) is 2.21. The minimum absolute atomic E-state index is 0.0928. The van der Waals surface area contributed by atoms with Crippen molar-refractivity contribution < 1.29 is 22.7 Å². The zero-order valence-electron chi connectivity index (χ0n) is 11.2. The van der Waals surface area contributed by atoms with Crippen molar-refractivity contribution in [2.75, 3.05) is 6.61 Å². The molecule has 1 aromatic heterocycles. The van der Waals surface area contributed by atoms with Crippen LogP contribution in [0, 0.1) is 0 Å². The van der Waals surface area contributed by atoms with Crippen LogP contribution in [-0.2, 0) is 18.0 Å². The molecule has 0 aromatic carbocycles. The molecule has 0 aliphatic carbocycles. The van der Waals surface area contributed by atoms with Crippen molar-refractivity contribution in [2.45, 2.75) is 38.1 Å². The third-order valence-corrected chi connectivity index (χ3v) is 3.28. The molecule has 0 unspecified atom stereocenters. The summed E-state index contributed by atoms with van der Waals surface area (Å²) in [6.07, 6.45) is -2.87. The highest BCUT2D eigenvalue weighted by molar-refractivity contribution is 5.92. The smallest absolute Gasteiger partial charge is 0.376 e. The topological polar surface area (TPSA) is 56.2 Å². The maximum atomic E-state index is 12.6. The summed E-state index contributed by atoms with van der Waals surface area (Å²) in [5.41, 5.74) is -1.20. The molecule has 1 N–H and O–H groups in total. The van der Waals surface area contributed by atoms with Crippen molar-refractivity contribution in [3.05, 3.63) is 17.5 Å². The Morgan fingerprint density at radius 1 is 1.60 bits per heavy atom. The fourth-order valence-electron chi connectivity index (χ4n) is 2.21. The van der Waals surface area contributed by atoms with Crippen LogP contribution in [0.5, 0.6) is 0 Å². The molecule has 8 heteroatoms. The van der Waals surface area contributed by atoms with Crippen molar-refractivity contribution in [2.24, 2.45) is 7.05 Å². The van der Waals surface area contributed by atoms with E-state index in [0.29, 0.717) is 11.3 Å². The fraction of sp³-hybridized carbons (Fsp3) is 0.667. The average Bonchev–Trinajstić information content (AvgIpc) is 2.95. The number of alkyl halides is 3. The van der Waals surface area contributed by atoms with Gasteiger partial charge in [-0.3, -0.25) is 9.48 Å². The molecule has 0 bridgehead atoms. The molecule has 112 valence electrons. The molecular weight excluding hydrogens is 275 g/mol. The van der Waals surface area contributed by atoms with Gasteiger partial charge in [-0.05, 0) is 19.8 Å². The molecule has 1 aliphatic heterocycles. The zero-order chi connectivity index (χ0) is 14.9. The summed E-state index contributed by atoms with van der Waals surface area (Å²) in [7, 11) is 1.16. The first-order valence-electron chi connectivity index (χ1n) is 6.32. The number of aromatic nitrogens is 2. The number of hydrogen-bond donors (Lipinski definition) is 1. The van der Waals surface area contributed by atoms with Crippen LogP contribution in [0.3, 0.4) is 0 Å². The van der Waals surface area contributed by atoms with Crippen LogP contribution in [0.2, 0.25) is 0 Å². The lowest BCUT2D eigenvalue weighted by Gasteiger charge is -2.19. The van der Waals surface area contributed by atoms with E-state index in [1.54, 1.807) is 6.92 Å². The highest BCUT2D eigenvalue weighted by Gasteiger charge is 2.36. The summed E-state index contributed by atoms with van der Waals surface area (Å²) >= 11 is 0. The average molecular weight is 291 g/mol. The predicted molar refractivity (Wildman–Crippen MR) is 64.1 cm³/mol. The van der Waals surface area contributed by atoms with Gasteiger partial charge in [-0.15, -0.1) is 0 Å². The Kier molecular flexibility index (Phi) is 4.03. The lowest BCUT2D eigenvalue weighted by atomic mass is 10.1. The Balaban J connectivity index is 2.06. The van der Waals surface area contributed by atoms with Gasteiger partial charge in [-0.25, -0.2) is 0 Å². The van der Waals surface area contributed by atoms with Crippen molar-refractivity contribution in [1.82, 2.24) is 15.1 Å². The van der Waals surface area contributed by atoms with Gasteiger partial charge in [-0.2, -0.15) is 18.3 Å². The molecule has 5 nitrogen and oxygen atoms in total. The van der Waals surface area contributed by atoms with Gasteiger partial charge in [-0.1, -0.05) is 0 Å². The van der Waals surface area contributed by atoms with Crippen LogP contribution in [0.15, 0.2) is 6.07 Å². The van der Waals surface area contributed by atoms with Crippen LogP contribution in [0.25, 0.3) is 0 Å². The number of nitrogens with one attached hydrogen (secondary N) is 1. The van der Waals surface area contributed by atoms with Gasteiger partial charge >= 0.3 is 6.18 Å². The maximum absolute atomic E-state index is 12.6. The van der Waals surface area contributed by atoms with Crippen molar-refractivity contribution in [1.29, 1.82) is 0 Å². The molecule has 2 atom stereocenters. The number of rotatable bonds is 3. The minimum atomic E-state index is -4.53. The molecule has 0 radical (unpaired) electrons.